The van der Waals surface area contributed by atoms with Crippen molar-refractivity contribution in [2.24, 2.45) is 0 Å². The number of nitrogens with one attached hydrogen (secondary N) is 2. The highest BCUT2D eigenvalue weighted by Crippen LogP contribution is 2.46. The number of nitrogens with zero attached hydrogens (tertiary/aromatic N) is 5. The fourth-order valence-electron chi connectivity index (χ4n) is 8.71. The third kappa shape index (κ3) is 6.18. The minimum Gasteiger partial charge on any atom is -0.357 e. The number of hydrogen-bond acceptors (Lipinski definition) is 9. The van der Waals surface area contributed by atoms with Crippen LogP contribution in [0.5, 0.6) is 0 Å². The van der Waals surface area contributed by atoms with E-state index in [1.807, 2.05) is 36.4 Å². The highest BCUT2D eigenvalue weighted by Gasteiger charge is 2.39. The van der Waals surface area contributed by atoms with Gasteiger partial charge in [0, 0.05) is 59.2 Å². The molecule has 0 spiro atoms. The molecule has 0 saturated heterocycles. The molecule has 8 rings (SSSR count). The summed E-state index contributed by atoms with van der Waals surface area (Å²) in [7, 11) is 1.66. The highest BCUT2D eigenvalue weighted by atomic mass is 35.5. The lowest BCUT2D eigenvalue weighted by molar-refractivity contribution is 0.0514. The number of imide groups is 2. The molecule has 0 aliphatic carbocycles. The number of carbonyl (C=O) groups is 4. The summed E-state index contributed by atoms with van der Waals surface area (Å²) < 4.78 is 0. The topological polar surface area (TPSA) is 137 Å². The van der Waals surface area contributed by atoms with Crippen molar-refractivity contribution in [3.8, 4) is 0 Å². The SMILES string of the molecule is CCCCCCC(CCCCCC)N1C(=O)c2ccc3c4ccc5c6c(ccc(c7ccc(c2c37)C1=O)c64)C(=O)N(CCNc1nc(Cl)nc(NC)n1)C5=O. The van der Waals surface area contributed by atoms with E-state index in [-0.39, 0.29) is 54.0 Å². The first-order valence-corrected chi connectivity index (χ1v) is 19.9. The van der Waals surface area contributed by atoms with E-state index in [0.29, 0.717) is 39.0 Å². The number of amides is 4. The molecule has 6 aromatic rings. The van der Waals surface area contributed by atoms with Crippen molar-refractivity contribution in [2.75, 3.05) is 30.8 Å². The molecule has 55 heavy (non-hydrogen) atoms. The fourth-order valence-corrected chi connectivity index (χ4v) is 8.87. The predicted octanol–water partition coefficient (Wildman–Crippen LogP) is 9.23. The third-order valence-corrected chi connectivity index (χ3v) is 11.5. The number of carbonyl (C=O) groups excluding carboxylic acids is 4. The van der Waals surface area contributed by atoms with E-state index < -0.39 is 0 Å². The number of anilines is 2. The maximum atomic E-state index is 14.4. The van der Waals surface area contributed by atoms with Crippen LogP contribution in [0, 0.1) is 0 Å². The molecule has 0 saturated carbocycles. The van der Waals surface area contributed by atoms with Crippen molar-refractivity contribution < 1.29 is 19.2 Å². The Bertz CT molecular complexity index is 2390. The van der Waals surface area contributed by atoms with E-state index in [1.165, 1.54) is 4.90 Å². The van der Waals surface area contributed by atoms with Gasteiger partial charge in [0.2, 0.25) is 17.2 Å². The molecular weight excluding hydrogens is 714 g/mol. The second kappa shape index (κ2) is 15.0. The van der Waals surface area contributed by atoms with Gasteiger partial charge in [-0.15, -0.1) is 0 Å². The molecule has 1 aromatic heterocycles. The Labute approximate surface area is 324 Å². The molecule has 2 aliphatic rings. The van der Waals surface area contributed by atoms with E-state index >= 15 is 0 Å². The quantitative estimate of drug-likeness (QED) is 0.0428. The van der Waals surface area contributed by atoms with Gasteiger partial charge < -0.3 is 10.6 Å². The number of fused-ring (bicyclic) bond motifs is 2. The molecule has 2 aliphatic heterocycles. The first-order chi connectivity index (χ1) is 26.8. The lowest BCUT2D eigenvalue weighted by Gasteiger charge is -2.35. The summed E-state index contributed by atoms with van der Waals surface area (Å²) in [6.07, 6.45) is 10.3. The molecule has 0 radical (unpaired) electrons. The van der Waals surface area contributed by atoms with Crippen LogP contribution in [0.25, 0.3) is 43.1 Å². The average Bonchev–Trinajstić information content (AvgIpc) is 3.19. The summed E-state index contributed by atoms with van der Waals surface area (Å²) in [6.45, 7) is 4.65. The van der Waals surface area contributed by atoms with E-state index in [0.717, 1.165) is 96.5 Å². The molecular formula is C43H44ClN7O4. The summed E-state index contributed by atoms with van der Waals surface area (Å²) in [5, 5.41) is 12.3. The lowest BCUT2D eigenvalue weighted by Crippen LogP contribution is -2.47. The van der Waals surface area contributed by atoms with Crippen molar-refractivity contribution >= 4 is 90.2 Å². The van der Waals surface area contributed by atoms with Crippen LogP contribution in [-0.2, 0) is 0 Å². The number of rotatable bonds is 16. The van der Waals surface area contributed by atoms with Crippen LogP contribution in [0.2, 0.25) is 5.28 Å². The van der Waals surface area contributed by atoms with Crippen molar-refractivity contribution in [1.29, 1.82) is 0 Å². The Morgan fingerprint density at radius 1 is 0.582 bits per heavy atom. The van der Waals surface area contributed by atoms with E-state index in [4.69, 9.17) is 11.6 Å². The second-order valence-corrected chi connectivity index (χ2v) is 15.0. The van der Waals surface area contributed by atoms with Gasteiger partial charge in [-0.25, -0.2) is 0 Å². The van der Waals surface area contributed by atoms with Gasteiger partial charge in [0.25, 0.3) is 23.6 Å². The van der Waals surface area contributed by atoms with Gasteiger partial charge in [-0.2, -0.15) is 15.0 Å². The van der Waals surface area contributed by atoms with E-state index in [1.54, 1.807) is 24.1 Å². The summed E-state index contributed by atoms with van der Waals surface area (Å²) >= 11 is 6.01. The van der Waals surface area contributed by atoms with Crippen LogP contribution in [0.4, 0.5) is 11.9 Å². The van der Waals surface area contributed by atoms with Crippen molar-refractivity contribution in [2.45, 2.75) is 84.1 Å². The standard InChI is InChI=1S/C43H44ClN7O4/c1-4-6-8-10-12-24(13-11-9-7-5-2)51-39(54)31-20-16-27-25-14-18-29-35-30(19-15-26(33(25)35)28-17-21-32(40(51)55)36(31)34(27)28)38(53)50(37(29)52)23-22-46-43-48-41(44)47-42(45-3)49-43/h14-21,24H,4-13,22-23H2,1-3H3,(H2,45,46,47,48,49). The van der Waals surface area contributed by atoms with Gasteiger partial charge in [0.1, 0.15) is 0 Å². The van der Waals surface area contributed by atoms with Crippen LogP contribution in [0.15, 0.2) is 48.5 Å². The van der Waals surface area contributed by atoms with Gasteiger partial charge in [-0.1, -0.05) is 89.5 Å². The van der Waals surface area contributed by atoms with Crippen LogP contribution >= 0.6 is 11.6 Å². The lowest BCUT2D eigenvalue weighted by atomic mass is 9.82. The number of aromatic nitrogens is 3. The molecule has 2 N–H and O–H groups in total. The van der Waals surface area contributed by atoms with Crippen molar-refractivity contribution in [1.82, 2.24) is 24.8 Å². The van der Waals surface area contributed by atoms with Gasteiger partial charge in [0.15, 0.2) is 0 Å². The highest BCUT2D eigenvalue weighted by molar-refractivity contribution is 6.41. The zero-order chi connectivity index (χ0) is 38.4. The normalized spacial score (nSPS) is 14.2. The Morgan fingerprint density at radius 3 is 1.49 bits per heavy atom. The Kier molecular flexibility index (Phi) is 9.98. The van der Waals surface area contributed by atoms with Gasteiger partial charge in [-0.05, 0) is 81.0 Å². The third-order valence-electron chi connectivity index (χ3n) is 11.3. The molecule has 0 fully saturated rings. The summed E-state index contributed by atoms with van der Waals surface area (Å²) in [6, 6.07) is 14.9. The number of unbranched alkanes of at least 4 members (excludes halogenated alkanes) is 6. The van der Waals surface area contributed by atoms with Gasteiger partial charge >= 0.3 is 0 Å². The van der Waals surface area contributed by atoms with Crippen LogP contribution < -0.4 is 10.6 Å². The maximum absolute atomic E-state index is 14.4. The largest absolute Gasteiger partial charge is 0.357 e. The smallest absolute Gasteiger partial charge is 0.261 e. The molecule has 0 atom stereocenters. The van der Waals surface area contributed by atoms with Crippen molar-refractivity contribution in [3.05, 3.63) is 76.1 Å². The minimum absolute atomic E-state index is 0.0117. The molecule has 4 amide bonds. The molecule has 3 heterocycles. The first-order valence-electron chi connectivity index (χ1n) is 19.5. The Hall–Kier alpha value is -5.42. The maximum Gasteiger partial charge on any atom is 0.261 e. The molecule has 11 nitrogen and oxygen atoms in total. The van der Waals surface area contributed by atoms with Crippen LogP contribution in [0.3, 0.4) is 0 Å². The molecule has 0 unspecified atom stereocenters. The monoisotopic (exact) mass is 757 g/mol. The Balaban J connectivity index is 1.16. The summed E-state index contributed by atoms with van der Waals surface area (Å²) in [5.74, 6) is -0.712. The Morgan fingerprint density at radius 2 is 1.04 bits per heavy atom. The zero-order valence-electron chi connectivity index (χ0n) is 31.4. The van der Waals surface area contributed by atoms with E-state index in [2.05, 4.69) is 39.4 Å². The summed E-state index contributed by atoms with van der Waals surface area (Å²) in [4.78, 5) is 71.9. The zero-order valence-corrected chi connectivity index (χ0v) is 32.2. The number of hydrogen-bond donors (Lipinski definition) is 2. The fraction of sp³-hybridized carbons (Fsp3) is 0.372. The predicted molar refractivity (Wildman–Crippen MR) is 218 cm³/mol. The minimum atomic E-state index is -0.390. The molecule has 12 heteroatoms. The molecule has 5 aromatic carbocycles. The van der Waals surface area contributed by atoms with Crippen molar-refractivity contribution in [3.63, 3.8) is 0 Å². The average molecular weight is 758 g/mol. The number of benzene rings is 5. The van der Waals surface area contributed by atoms with Gasteiger partial charge in [-0.3, -0.25) is 29.0 Å². The second-order valence-electron chi connectivity index (χ2n) is 14.7. The number of halogens is 1. The molecule has 282 valence electrons. The van der Waals surface area contributed by atoms with Gasteiger partial charge in [0.05, 0.1) is 0 Å². The van der Waals surface area contributed by atoms with Crippen LogP contribution in [0.1, 0.15) is 119 Å². The summed E-state index contributed by atoms with van der Waals surface area (Å²) in [5.41, 5.74) is 1.98. The first kappa shape index (κ1) is 36.6. The molecule has 0 bridgehead atoms. The van der Waals surface area contributed by atoms with Crippen LogP contribution in [-0.4, -0.2) is 74.6 Å². The van der Waals surface area contributed by atoms with E-state index in [9.17, 15) is 19.2 Å².